The highest BCUT2D eigenvalue weighted by molar-refractivity contribution is 5.82. The van der Waals surface area contributed by atoms with Crippen molar-refractivity contribution in [3.63, 3.8) is 0 Å². The van der Waals surface area contributed by atoms with Gasteiger partial charge < -0.3 is 9.47 Å². The molecule has 1 atom stereocenters. The van der Waals surface area contributed by atoms with Gasteiger partial charge in [0.05, 0.1) is 20.1 Å². The van der Waals surface area contributed by atoms with Gasteiger partial charge in [0, 0.05) is 6.08 Å². The van der Waals surface area contributed by atoms with Crippen LogP contribution < -0.4 is 0 Å². The second kappa shape index (κ2) is 7.91. The lowest BCUT2D eigenvalue weighted by molar-refractivity contribution is -0.145. The van der Waals surface area contributed by atoms with Gasteiger partial charge in [0.15, 0.2) is 0 Å². The van der Waals surface area contributed by atoms with Crippen LogP contribution in [0.4, 0.5) is 0 Å². The first-order valence-electron chi connectivity index (χ1n) is 5.34. The number of rotatable bonds is 6. The van der Waals surface area contributed by atoms with Gasteiger partial charge in [0.25, 0.3) is 0 Å². The largest absolute Gasteiger partial charge is 0.469 e. The third kappa shape index (κ3) is 6.22. The summed E-state index contributed by atoms with van der Waals surface area (Å²) in [7, 11) is 2.74. The summed E-state index contributed by atoms with van der Waals surface area (Å²) in [6.45, 7) is 3.71. The van der Waals surface area contributed by atoms with E-state index in [1.165, 1.54) is 20.3 Å². The second-order valence-electron chi connectivity index (χ2n) is 3.83. The predicted molar refractivity (Wildman–Crippen MR) is 60.8 cm³/mol. The molecule has 0 spiro atoms. The Morgan fingerprint density at radius 2 is 1.88 bits per heavy atom. The van der Waals surface area contributed by atoms with E-state index in [9.17, 15) is 9.59 Å². The van der Waals surface area contributed by atoms with Gasteiger partial charge in [-0.3, -0.25) is 4.79 Å². The summed E-state index contributed by atoms with van der Waals surface area (Å²) in [4.78, 5) is 22.0. The number of hydrogen-bond donors (Lipinski definition) is 0. The van der Waals surface area contributed by atoms with E-state index >= 15 is 0 Å². The second-order valence-corrected chi connectivity index (χ2v) is 3.83. The first-order valence-corrected chi connectivity index (χ1v) is 5.34. The molecule has 0 aliphatic heterocycles. The zero-order valence-corrected chi connectivity index (χ0v) is 10.4. The lowest BCUT2D eigenvalue weighted by atomic mass is 10.0. The minimum atomic E-state index is -0.335. The Balaban J connectivity index is 3.86. The first-order chi connectivity index (χ1) is 7.51. The van der Waals surface area contributed by atoms with Gasteiger partial charge in [-0.05, 0) is 26.2 Å². The van der Waals surface area contributed by atoms with Gasteiger partial charge >= 0.3 is 11.9 Å². The fraction of sp³-hybridized carbons (Fsp3) is 0.667. The van der Waals surface area contributed by atoms with Crippen LogP contribution >= 0.6 is 0 Å². The SMILES string of the molecule is COC(=O)/C=C(\C)CCC[C@@H](C)C(=O)OC. The molecule has 0 aliphatic carbocycles. The summed E-state index contributed by atoms with van der Waals surface area (Å²) >= 11 is 0. The van der Waals surface area contributed by atoms with Crippen molar-refractivity contribution in [3.05, 3.63) is 11.6 Å². The van der Waals surface area contributed by atoms with Crippen LogP contribution in [-0.2, 0) is 19.1 Å². The maximum Gasteiger partial charge on any atom is 0.330 e. The van der Waals surface area contributed by atoms with Crippen LogP contribution in [0.5, 0.6) is 0 Å². The molecule has 0 N–H and O–H groups in total. The molecule has 0 saturated carbocycles. The summed E-state index contributed by atoms with van der Waals surface area (Å²) in [6.07, 6.45) is 3.88. The van der Waals surface area contributed by atoms with Crippen molar-refractivity contribution >= 4 is 11.9 Å². The smallest absolute Gasteiger partial charge is 0.330 e. The molecular formula is C12H20O4. The monoisotopic (exact) mass is 228 g/mol. The van der Waals surface area contributed by atoms with Crippen LogP contribution in [0, 0.1) is 5.92 Å². The molecule has 92 valence electrons. The van der Waals surface area contributed by atoms with Crippen molar-refractivity contribution in [1.29, 1.82) is 0 Å². The normalized spacial score (nSPS) is 13.1. The topological polar surface area (TPSA) is 52.6 Å². The Labute approximate surface area is 96.6 Å². The molecule has 0 saturated heterocycles. The van der Waals surface area contributed by atoms with Crippen molar-refractivity contribution in [3.8, 4) is 0 Å². The summed E-state index contributed by atoms with van der Waals surface area (Å²) in [6, 6.07) is 0. The molecular weight excluding hydrogens is 208 g/mol. The average Bonchev–Trinajstić information content (AvgIpc) is 2.27. The lowest BCUT2D eigenvalue weighted by Crippen LogP contribution is -2.12. The van der Waals surface area contributed by atoms with E-state index in [0.29, 0.717) is 0 Å². The van der Waals surface area contributed by atoms with E-state index in [-0.39, 0.29) is 17.9 Å². The number of allylic oxidation sites excluding steroid dienone is 1. The quantitative estimate of drug-likeness (QED) is 0.516. The Hall–Kier alpha value is -1.32. The van der Waals surface area contributed by atoms with Crippen LogP contribution in [0.2, 0.25) is 0 Å². The van der Waals surface area contributed by atoms with Gasteiger partial charge in [0.1, 0.15) is 0 Å². The molecule has 0 fully saturated rings. The molecule has 16 heavy (non-hydrogen) atoms. The molecule has 0 heterocycles. The van der Waals surface area contributed by atoms with Gasteiger partial charge in [-0.15, -0.1) is 0 Å². The number of carbonyl (C=O) groups excluding carboxylic acids is 2. The molecule has 4 nitrogen and oxygen atoms in total. The molecule has 4 heteroatoms. The number of hydrogen-bond acceptors (Lipinski definition) is 4. The first kappa shape index (κ1) is 14.7. The van der Waals surface area contributed by atoms with Crippen molar-refractivity contribution in [2.75, 3.05) is 14.2 Å². The summed E-state index contributed by atoms with van der Waals surface area (Å²) in [5, 5.41) is 0. The average molecular weight is 228 g/mol. The standard InChI is InChI=1S/C12H20O4/c1-9(8-11(13)15-3)6-5-7-10(2)12(14)16-4/h8,10H,5-7H2,1-4H3/b9-8+/t10-/m1/s1. The maximum atomic E-state index is 11.1. The summed E-state index contributed by atoms with van der Waals surface area (Å²) in [5.41, 5.74) is 0.962. The molecule has 0 rings (SSSR count). The summed E-state index contributed by atoms with van der Waals surface area (Å²) in [5.74, 6) is -0.607. The molecule has 0 aliphatic rings. The Bertz CT molecular complexity index is 268. The summed E-state index contributed by atoms with van der Waals surface area (Å²) < 4.78 is 9.14. The number of carbonyl (C=O) groups is 2. The highest BCUT2D eigenvalue weighted by Gasteiger charge is 2.12. The third-order valence-corrected chi connectivity index (χ3v) is 2.38. The van der Waals surface area contributed by atoms with Gasteiger partial charge in [-0.2, -0.15) is 0 Å². The van der Waals surface area contributed by atoms with E-state index in [0.717, 1.165) is 24.8 Å². The number of ether oxygens (including phenoxy) is 2. The molecule has 0 unspecified atom stereocenters. The van der Waals surface area contributed by atoms with E-state index in [1.807, 2.05) is 13.8 Å². The Morgan fingerprint density at radius 1 is 1.25 bits per heavy atom. The van der Waals surface area contributed by atoms with Crippen LogP contribution in [0.1, 0.15) is 33.1 Å². The molecule has 0 radical (unpaired) electrons. The predicted octanol–water partition coefficient (Wildman–Crippen LogP) is 2.09. The van der Waals surface area contributed by atoms with Crippen LogP contribution in [0.25, 0.3) is 0 Å². The van der Waals surface area contributed by atoms with Crippen LogP contribution in [0.15, 0.2) is 11.6 Å². The fourth-order valence-corrected chi connectivity index (χ4v) is 1.34. The highest BCUT2D eigenvalue weighted by Crippen LogP contribution is 2.13. The van der Waals surface area contributed by atoms with E-state index in [2.05, 4.69) is 9.47 Å². The van der Waals surface area contributed by atoms with Gasteiger partial charge in [-0.25, -0.2) is 4.79 Å². The number of esters is 2. The fourth-order valence-electron chi connectivity index (χ4n) is 1.34. The number of methoxy groups -OCH3 is 2. The third-order valence-electron chi connectivity index (χ3n) is 2.38. The Kier molecular flexibility index (Phi) is 7.25. The van der Waals surface area contributed by atoms with E-state index in [1.54, 1.807) is 0 Å². The minimum absolute atomic E-state index is 0.0871. The maximum absolute atomic E-state index is 11.1. The van der Waals surface area contributed by atoms with E-state index in [4.69, 9.17) is 0 Å². The highest BCUT2D eigenvalue weighted by atomic mass is 16.5. The van der Waals surface area contributed by atoms with Crippen molar-refractivity contribution in [1.82, 2.24) is 0 Å². The molecule has 0 aromatic heterocycles. The van der Waals surface area contributed by atoms with Crippen LogP contribution in [0.3, 0.4) is 0 Å². The van der Waals surface area contributed by atoms with Gasteiger partial charge in [0.2, 0.25) is 0 Å². The minimum Gasteiger partial charge on any atom is -0.469 e. The van der Waals surface area contributed by atoms with E-state index < -0.39 is 0 Å². The zero-order valence-electron chi connectivity index (χ0n) is 10.4. The Morgan fingerprint density at radius 3 is 2.38 bits per heavy atom. The molecule has 0 bridgehead atoms. The van der Waals surface area contributed by atoms with Crippen molar-refractivity contribution in [2.24, 2.45) is 5.92 Å². The van der Waals surface area contributed by atoms with Crippen LogP contribution in [-0.4, -0.2) is 26.2 Å². The van der Waals surface area contributed by atoms with Gasteiger partial charge in [-0.1, -0.05) is 12.5 Å². The van der Waals surface area contributed by atoms with Crippen molar-refractivity contribution < 1.29 is 19.1 Å². The molecule has 0 amide bonds. The molecule has 0 aromatic carbocycles. The van der Waals surface area contributed by atoms with Crippen molar-refractivity contribution in [2.45, 2.75) is 33.1 Å². The zero-order chi connectivity index (χ0) is 12.6. The lowest BCUT2D eigenvalue weighted by Gasteiger charge is -2.08. The molecule has 0 aromatic rings.